The van der Waals surface area contributed by atoms with Gasteiger partial charge in [0.05, 0.1) is 12.6 Å². The Kier molecular flexibility index (Phi) is 5.77. The molecule has 0 N–H and O–H groups in total. The number of amides is 1. The Bertz CT molecular complexity index is 1280. The SMILES string of the molecule is COc1ccc(Cn2c(C(=O)N3CCN(c4cccc(Cl)c4)CC3)cc3oc(C)cc32)cc1. The van der Waals surface area contributed by atoms with Crippen LogP contribution < -0.4 is 9.64 Å². The van der Waals surface area contributed by atoms with Gasteiger partial charge in [0, 0.05) is 55.6 Å². The number of piperazine rings is 1. The van der Waals surface area contributed by atoms with Crippen molar-refractivity contribution in [2.45, 2.75) is 13.5 Å². The lowest BCUT2D eigenvalue weighted by Gasteiger charge is -2.36. The van der Waals surface area contributed by atoms with E-state index in [9.17, 15) is 4.79 Å². The lowest BCUT2D eigenvalue weighted by molar-refractivity contribution is 0.0737. The molecule has 0 spiro atoms. The molecule has 0 saturated carbocycles. The Morgan fingerprint density at radius 3 is 2.48 bits per heavy atom. The summed E-state index contributed by atoms with van der Waals surface area (Å²) in [5.41, 5.74) is 4.50. The Labute approximate surface area is 197 Å². The van der Waals surface area contributed by atoms with Gasteiger partial charge in [0.1, 0.15) is 17.2 Å². The number of ether oxygens (including phenoxy) is 1. The summed E-state index contributed by atoms with van der Waals surface area (Å²) in [5.74, 6) is 1.67. The van der Waals surface area contributed by atoms with E-state index < -0.39 is 0 Å². The maximum absolute atomic E-state index is 13.6. The van der Waals surface area contributed by atoms with Gasteiger partial charge in [-0.2, -0.15) is 0 Å². The molecule has 2 aromatic carbocycles. The van der Waals surface area contributed by atoms with Crippen LogP contribution in [0.2, 0.25) is 5.02 Å². The molecule has 0 radical (unpaired) electrons. The Morgan fingerprint density at radius 1 is 1.03 bits per heavy atom. The van der Waals surface area contributed by atoms with Crippen molar-refractivity contribution in [1.82, 2.24) is 9.47 Å². The molecule has 4 aromatic rings. The highest BCUT2D eigenvalue weighted by molar-refractivity contribution is 6.30. The van der Waals surface area contributed by atoms with Crippen LogP contribution in [0.3, 0.4) is 0 Å². The summed E-state index contributed by atoms with van der Waals surface area (Å²) in [6.45, 7) is 5.34. The summed E-state index contributed by atoms with van der Waals surface area (Å²) < 4.78 is 13.2. The van der Waals surface area contributed by atoms with Crippen LogP contribution in [0.5, 0.6) is 5.75 Å². The third-order valence-electron chi connectivity index (χ3n) is 6.17. The number of methoxy groups -OCH3 is 1. The van der Waals surface area contributed by atoms with Gasteiger partial charge in [-0.3, -0.25) is 4.79 Å². The monoisotopic (exact) mass is 463 g/mol. The first-order valence-electron chi connectivity index (χ1n) is 11.0. The second-order valence-electron chi connectivity index (χ2n) is 8.33. The number of halogens is 1. The molecule has 0 aliphatic carbocycles. The molecule has 33 heavy (non-hydrogen) atoms. The summed E-state index contributed by atoms with van der Waals surface area (Å²) in [5, 5.41) is 0.722. The van der Waals surface area contributed by atoms with E-state index in [0.717, 1.165) is 52.0 Å². The minimum absolute atomic E-state index is 0.0262. The molecule has 1 saturated heterocycles. The highest BCUT2D eigenvalue weighted by atomic mass is 35.5. The largest absolute Gasteiger partial charge is 0.497 e. The van der Waals surface area contributed by atoms with Gasteiger partial charge >= 0.3 is 0 Å². The van der Waals surface area contributed by atoms with Crippen molar-refractivity contribution in [3.63, 3.8) is 0 Å². The number of anilines is 1. The molecule has 2 aromatic heterocycles. The van der Waals surface area contributed by atoms with E-state index in [0.29, 0.717) is 25.3 Å². The average molecular weight is 464 g/mol. The van der Waals surface area contributed by atoms with Gasteiger partial charge < -0.3 is 23.5 Å². The smallest absolute Gasteiger partial charge is 0.270 e. The molecule has 1 aliphatic rings. The quantitative estimate of drug-likeness (QED) is 0.407. The van der Waals surface area contributed by atoms with Crippen LogP contribution in [-0.4, -0.2) is 48.7 Å². The fourth-order valence-electron chi connectivity index (χ4n) is 4.43. The lowest BCUT2D eigenvalue weighted by atomic mass is 10.2. The second-order valence-corrected chi connectivity index (χ2v) is 8.77. The number of nitrogens with zero attached hydrogens (tertiary/aromatic N) is 3. The number of aryl methyl sites for hydroxylation is 1. The zero-order chi connectivity index (χ0) is 22.9. The van der Waals surface area contributed by atoms with Crippen molar-refractivity contribution in [2.24, 2.45) is 0 Å². The first-order valence-corrected chi connectivity index (χ1v) is 11.4. The maximum Gasteiger partial charge on any atom is 0.270 e. The maximum atomic E-state index is 13.6. The van der Waals surface area contributed by atoms with Gasteiger partial charge in [0.15, 0.2) is 5.58 Å². The molecule has 0 atom stereocenters. The third kappa shape index (κ3) is 4.31. The molecule has 7 heteroatoms. The minimum Gasteiger partial charge on any atom is -0.497 e. The number of aromatic nitrogens is 1. The normalized spacial score (nSPS) is 14.2. The van der Waals surface area contributed by atoms with E-state index in [1.807, 2.05) is 66.4 Å². The number of hydrogen-bond acceptors (Lipinski definition) is 4. The number of hydrogen-bond donors (Lipinski definition) is 0. The van der Waals surface area contributed by atoms with Gasteiger partial charge in [-0.25, -0.2) is 0 Å². The van der Waals surface area contributed by atoms with Gasteiger partial charge in [-0.05, 0) is 42.8 Å². The number of furan rings is 1. The fraction of sp³-hybridized carbons (Fsp3) is 0.269. The number of benzene rings is 2. The van der Waals surface area contributed by atoms with Crippen molar-refractivity contribution >= 4 is 34.3 Å². The van der Waals surface area contributed by atoms with Gasteiger partial charge in [-0.15, -0.1) is 0 Å². The van der Waals surface area contributed by atoms with Crippen LogP contribution in [0.4, 0.5) is 5.69 Å². The minimum atomic E-state index is 0.0262. The summed E-state index contributed by atoms with van der Waals surface area (Å²) in [6, 6.07) is 19.6. The molecule has 0 bridgehead atoms. The predicted octanol–water partition coefficient (Wildman–Crippen LogP) is 5.22. The van der Waals surface area contributed by atoms with Crippen molar-refractivity contribution < 1.29 is 13.9 Å². The summed E-state index contributed by atoms with van der Waals surface area (Å²) in [7, 11) is 1.65. The molecule has 5 rings (SSSR count). The van der Waals surface area contributed by atoms with E-state index in [1.165, 1.54) is 0 Å². The lowest BCUT2D eigenvalue weighted by Crippen LogP contribution is -2.49. The zero-order valence-corrected chi connectivity index (χ0v) is 19.5. The standard InChI is InChI=1S/C26H26ClN3O3/c1-18-14-23-25(33-18)16-24(30(23)17-19-6-8-22(32-2)9-7-19)26(31)29-12-10-28(11-13-29)21-5-3-4-20(27)15-21/h3-9,14-16H,10-13,17H2,1-2H3. The fourth-order valence-corrected chi connectivity index (χ4v) is 4.61. The van der Waals surface area contributed by atoms with Crippen LogP contribution in [0, 0.1) is 6.92 Å². The van der Waals surface area contributed by atoms with Crippen LogP contribution >= 0.6 is 11.6 Å². The highest BCUT2D eigenvalue weighted by Gasteiger charge is 2.26. The Hall–Kier alpha value is -3.38. The zero-order valence-electron chi connectivity index (χ0n) is 18.8. The van der Waals surface area contributed by atoms with Gasteiger partial charge in [0.25, 0.3) is 5.91 Å². The first kappa shape index (κ1) is 21.5. The van der Waals surface area contributed by atoms with Crippen molar-refractivity contribution in [3.8, 4) is 5.75 Å². The molecular weight excluding hydrogens is 438 g/mol. The average Bonchev–Trinajstić information content (AvgIpc) is 3.36. The number of carbonyl (C=O) groups excluding carboxylic acids is 1. The van der Waals surface area contributed by atoms with Crippen molar-refractivity contribution in [1.29, 1.82) is 0 Å². The van der Waals surface area contributed by atoms with Crippen LogP contribution in [0.25, 0.3) is 11.1 Å². The van der Waals surface area contributed by atoms with Crippen LogP contribution in [-0.2, 0) is 6.54 Å². The predicted molar refractivity (Wildman–Crippen MR) is 131 cm³/mol. The van der Waals surface area contributed by atoms with Gasteiger partial charge in [-0.1, -0.05) is 29.8 Å². The molecule has 0 unspecified atom stereocenters. The van der Waals surface area contributed by atoms with E-state index in [2.05, 4.69) is 15.5 Å². The molecule has 1 aliphatic heterocycles. The number of fused-ring (bicyclic) bond motifs is 1. The van der Waals surface area contributed by atoms with Crippen LogP contribution in [0.1, 0.15) is 21.8 Å². The second kappa shape index (κ2) is 8.87. The van der Waals surface area contributed by atoms with E-state index in [1.54, 1.807) is 7.11 Å². The summed E-state index contributed by atoms with van der Waals surface area (Å²) in [6.07, 6.45) is 0. The van der Waals surface area contributed by atoms with Gasteiger partial charge in [0.2, 0.25) is 0 Å². The molecule has 1 amide bonds. The molecule has 3 heterocycles. The van der Waals surface area contributed by atoms with E-state index in [-0.39, 0.29) is 5.91 Å². The summed E-state index contributed by atoms with van der Waals surface area (Å²) >= 11 is 6.15. The topological polar surface area (TPSA) is 50.9 Å². The third-order valence-corrected chi connectivity index (χ3v) is 6.41. The Morgan fingerprint density at radius 2 is 1.79 bits per heavy atom. The highest BCUT2D eigenvalue weighted by Crippen LogP contribution is 2.27. The molecular formula is C26H26ClN3O3. The summed E-state index contributed by atoms with van der Waals surface area (Å²) in [4.78, 5) is 17.8. The molecule has 170 valence electrons. The Balaban J connectivity index is 1.38. The number of rotatable bonds is 5. The number of carbonyl (C=O) groups is 1. The van der Waals surface area contributed by atoms with Crippen molar-refractivity contribution in [2.75, 3.05) is 38.2 Å². The van der Waals surface area contributed by atoms with Crippen molar-refractivity contribution in [3.05, 3.63) is 82.7 Å². The van der Waals surface area contributed by atoms with E-state index >= 15 is 0 Å². The molecule has 6 nitrogen and oxygen atoms in total. The molecule has 1 fully saturated rings. The van der Waals surface area contributed by atoms with Crippen LogP contribution in [0.15, 0.2) is 65.1 Å². The first-order chi connectivity index (χ1) is 16.0. The van der Waals surface area contributed by atoms with E-state index in [4.69, 9.17) is 20.8 Å².